The molecule has 1 heterocycles. The summed E-state index contributed by atoms with van der Waals surface area (Å²) >= 11 is 0. The molecule has 2 N–H and O–H groups in total. The summed E-state index contributed by atoms with van der Waals surface area (Å²) in [6, 6.07) is 0. The van der Waals surface area contributed by atoms with Gasteiger partial charge < -0.3 is 15.3 Å². The molecular weight excluding hydrogens is 168 g/mol. The van der Waals surface area contributed by atoms with E-state index in [2.05, 4.69) is 12.2 Å². The van der Waals surface area contributed by atoms with E-state index in [1.165, 1.54) is 0 Å². The smallest absolute Gasteiger partial charge is 0.227 e. The first-order valence-electron chi connectivity index (χ1n) is 4.73. The first-order chi connectivity index (χ1) is 6.16. The van der Waals surface area contributed by atoms with E-state index in [1.54, 1.807) is 11.9 Å². The number of nitrogens with zero attached hydrogens (tertiary/aromatic N) is 1. The first-order valence-corrected chi connectivity index (χ1v) is 4.73. The van der Waals surface area contributed by atoms with Gasteiger partial charge in [-0.1, -0.05) is 6.92 Å². The molecule has 4 nitrogen and oxygen atoms in total. The largest absolute Gasteiger partial charge is 0.395 e. The van der Waals surface area contributed by atoms with E-state index in [-0.39, 0.29) is 18.4 Å². The van der Waals surface area contributed by atoms with Crippen molar-refractivity contribution < 1.29 is 9.90 Å². The molecule has 4 heteroatoms. The monoisotopic (exact) mass is 186 g/mol. The Labute approximate surface area is 78.9 Å². The van der Waals surface area contributed by atoms with Gasteiger partial charge in [0.05, 0.1) is 12.5 Å². The normalized spacial score (nSPS) is 27.6. The lowest BCUT2D eigenvalue weighted by atomic mass is 9.97. The second kappa shape index (κ2) is 4.58. The maximum atomic E-state index is 11.7. The van der Waals surface area contributed by atoms with Gasteiger partial charge in [0.2, 0.25) is 5.91 Å². The van der Waals surface area contributed by atoms with Crippen molar-refractivity contribution in [3.05, 3.63) is 0 Å². The van der Waals surface area contributed by atoms with Crippen LogP contribution in [0.25, 0.3) is 0 Å². The highest BCUT2D eigenvalue weighted by molar-refractivity contribution is 5.79. The minimum atomic E-state index is 0.0385. The van der Waals surface area contributed by atoms with Crippen LogP contribution in [0.1, 0.15) is 6.92 Å². The number of carbonyl (C=O) groups excluding carboxylic acids is 1. The van der Waals surface area contributed by atoms with Crippen molar-refractivity contribution in [2.24, 2.45) is 11.8 Å². The molecule has 0 aromatic heterocycles. The number of carbonyl (C=O) groups is 1. The molecular formula is C9H18N2O2. The quantitative estimate of drug-likeness (QED) is 0.612. The Balaban J connectivity index is 2.46. The molecule has 1 saturated heterocycles. The van der Waals surface area contributed by atoms with E-state index in [1.807, 2.05) is 0 Å². The molecule has 0 aromatic rings. The second-order valence-electron chi connectivity index (χ2n) is 3.73. The number of nitrogens with one attached hydrogen (secondary N) is 1. The van der Waals surface area contributed by atoms with Crippen LogP contribution in [-0.2, 0) is 4.79 Å². The van der Waals surface area contributed by atoms with E-state index in [4.69, 9.17) is 5.11 Å². The summed E-state index contributed by atoms with van der Waals surface area (Å²) in [7, 11) is 1.74. The van der Waals surface area contributed by atoms with Gasteiger partial charge >= 0.3 is 0 Å². The van der Waals surface area contributed by atoms with Gasteiger partial charge in [-0.3, -0.25) is 4.79 Å². The van der Waals surface area contributed by atoms with E-state index < -0.39 is 0 Å². The zero-order valence-corrected chi connectivity index (χ0v) is 8.29. The topological polar surface area (TPSA) is 52.6 Å². The molecule has 0 spiro atoms. The van der Waals surface area contributed by atoms with Crippen LogP contribution in [0.3, 0.4) is 0 Å². The third-order valence-corrected chi connectivity index (χ3v) is 2.65. The summed E-state index contributed by atoms with van der Waals surface area (Å²) in [5, 5.41) is 11.9. The summed E-state index contributed by atoms with van der Waals surface area (Å²) in [6.07, 6.45) is 0. The van der Waals surface area contributed by atoms with Crippen LogP contribution in [0.4, 0.5) is 0 Å². The Bertz CT molecular complexity index is 184. The third kappa shape index (κ3) is 2.42. The number of aliphatic hydroxyl groups excluding tert-OH is 1. The zero-order chi connectivity index (χ0) is 9.84. The van der Waals surface area contributed by atoms with Crippen molar-refractivity contribution in [2.75, 3.05) is 33.3 Å². The summed E-state index contributed by atoms with van der Waals surface area (Å²) in [4.78, 5) is 13.3. The SMILES string of the molecule is C[C@@H]1CNC[C@H]1C(=O)N(C)CCO. The standard InChI is InChI=1S/C9H18N2O2/c1-7-5-10-6-8(7)9(13)11(2)3-4-12/h7-8,10,12H,3-6H2,1-2H3/t7-,8-/m1/s1. The van der Waals surface area contributed by atoms with E-state index in [9.17, 15) is 4.79 Å². The Morgan fingerprint density at radius 3 is 2.77 bits per heavy atom. The lowest BCUT2D eigenvalue weighted by Gasteiger charge is -2.21. The number of rotatable bonds is 3. The average molecular weight is 186 g/mol. The molecule has 0 aromatic carbocycles. The molecule has 0 bridgehead atoms. The summed E-state index contributed by atoms with van der Waals surface area (Å²) in [5.41, 5.74) is 0. The Kier molecular flexibility index (Phi) is 3.69. The Hall–Kier alpha value is -0.610. The average Bonchev–Trinajstić information content (AvgIpc) is 2.50. The highest BCUT2D eigenvalue weighted by Gasteiger charge is 2.31. The maximum absolute atomic E-state index is 11.7. The predicted molar refractivity (Wildman–Crippen MR) is 50.2 cm³/mol. The number of aliphatic hydroxyl groups is 1. The summed E-state index contributed by atoms with van der Waals surface area (Å²) < 4.78 is 0. The predicted octanol–water partition coefficient (Wildman–Crippen LogP) is -0.707. The van der Waals surface area contributed by atoms with Gasteiger partial charge in [-0.2, -0.15) is 0 Å². The van der Waals surface area contributed by atoms with Crippen LogP contribution >= 0.6 is 0 Å². The minimum Gasteiger partial charge on any atom is -0.395 e. The van der Waals surface area contributed by atoms with Crippen LogP contribution in [0.5, 0.6) is 0 Å². The number of hydrogen-bond donors (Lipinski definition) is 2. The van der Waals surface area contributed by atoms with Gasteiger partial charge in [0.1, 0.15) is 0 Å². The fourth-order valence-corrected chi connectivity index (χ4v) is 1.68. The number of likely N-dealkylation sites (N-methyl/N-ethyl adjacent to an activating group) is 1. The van der Waals surface area contributed by atoms with E-state index in [0.717, 1.165) is 13.1 Å². The van der Waals surface area contributed by atoms with Crippen molar-refractivity contribution in [2.45, 2.75) is 6.92 Å². The lowest BCUT2D eigenvalue weighted by molar-refractivity contribution is -0.135. The summed E-state index contributed by atoms with van der Waals surface area (Å²) in [5.74, 6) is 0.650. The number of amides is 1. The summed E-state index contributed by atoms with van der Waals surface area (Å²) in [6.45, 7) is 4.24. The molecule has 13 heavy (non-hydrogen) atoms. The minimum absolute atomic E-state index is 0.0385. The molecule has 0 aliphatic carbocycles. The van der Waals surface area contributed by atoms with E-state index >= 15 is 0 Å². The first kappa shape index (κ1) is 10.5. The van der Waals surface area contributed by atoms with Crippen molar-refractivity contribution in [1.82, 2.24) is 10.2 Å². The molecule has 0 radical (unpaired) electrons. The molecule has 1 rings (SSSR count). The molecule has 76 valence electrons. The van der Waals surface area contributed by atoms with Crippen molar-refractivity contribution in [3.8, 4) is 0 Å². The fourth-order valence-electron chi connectivity index (χ4n) is 1.68. The Morgan fingerprint density at radius 2 is 2.31 bits per heavy atom. The van der Waals surface area contributed by atoms with Gasteiger partial charge in [-0.05, 0) is 12.5 Å². The third-order valence-electron chi connectivity index (χ3n) is 2.65. The fraction of sp³-hybridized carbons (Fsp3) is 0.889. The van der Waals surface area contributed by atoms with Crippen LogP contribution in [0.15, 0.2) is 0 Å². The zero-order valence-electron chi connectivity index (χ0n) is 8.29. The molecule has 0 unspecified atom stereocenters. The van der Waals surface area contributed by atoms with E-state index in [0.29, 0.717) is 12.5 Å². The van der Waals surface area contributed by atoms with Gasteiger partial charge in [0, 0.05) is 20.1 Å². The van der Waals surface area contributed by atoms with Crippen LogP contribution in [-0.4, -0.2) is 49.2 Å². The van der Waals surface area contributed by atoms with Crippen molar-refractivity contribution >= 4 is 5.91 Å². The van der Waals surface area contributed by atoms with Gasteiger partial charge in [-0.25, -0.2) is 0 Å². The van der Waals surface area contributed by atoms with Gasteiger partial charge in [0.25, 0.3) is 0 Å². The number of hydrogen-bond acceptors (Lipinski definition) is 3. The van der Waals surface area contributed by atoms with Crippen LogP contribution in [0.2, 0.25) is 0 Å². The second-order valence-corrected chi connectivity index (χ2v) is 3.73. The Morgan fingerprint density at radius 1 is 1.62 bits per heavy atom. The molecule has 0 saturated carbocycles. The molecule has 1 fully saturated rings. The molecule has 1 aliphatic heterocycles. The molecule has 2 atom stereocenters. The lowest BCUT2D eigenvalue weighted by Crippen LogP contribution is -2.37. The van der Waals surface area contributed by atoms with Gasteiger partial charge in [-0.15, -0.1) is 0 Å². The highest BCUT2D eigenvalue weighted by atomic mass is 16.3. The molecule has 1 amide bonds. The molecule has 1 aliphatic rings. The van der Waals surface area contributed by atoms with Crippen molar-refractivity contribution in [1.29, 1.82) is 0 Å². The maximum Gasteiger partial charge on any atom is 0.227 e. The van der Waals surface area contributed by atoms with Crippen molar-refractivity contribution in [3.63, 3.8) is 0 Å². The van der Waals surface area contributed by atoms with Crippen LogP contribution in [0, 0.1) is 11.8 Å². The van der Waals surface area contributed by atoms with Crippen LogP contribution < -0.4 is 5.32 Å². The highest BCUT2D eigenvalue weighted by Crippen LogP contribution is 2.17. The van der Waals surface area contributed by atoms with Gasteiger partial charge in [0.15, 0.2) is 0 Å².